The summed E-state index contributed by atoms with van der Waals surface area (Å²) in [6.07, 6.45) is 6.53. The van der Waals surface area contributed by atoms with Gasteiger partial charge in [0.15, 0.2) is 0 Å². The first-order chi connectivity index (χ1) is 12.8. The summed E-state index contributed by atoms with van der Waals surface area (Å²) < 4.78 is 2.09. The molecule has 1 atom stereocenters. The first-order valence-corrected chi connectivity index (χ1v) is 9.24. The van der Waals surface area contributed by atoms with Crippen LogP contribution in [0.15, 0.2) is 36.5 Å². The number of aryl methyl sites for hydroxylation is 1. The molecule has 1 N–H and O–H groups in total. The highest BCUT2D eigenvalue weighted by atomic mass is 15.1. The second kappa shape index (κ2) is 7.12. The summed E-state index contributed by atoms with van der Waals surface area (Å²) in [4.78, 5) is 13.7. The fraction of sp³-hybridized carbons (Fsp3) is 0.400. The summed E-state index contributed by atoms with van der Waals surface area (Å²) in [6, 6.07) is 12.6. The Kier molecular flexibility index (Phi) is 4.53. The molecule has 6 heteroatoms. The van der Waals surface area contributed by atoms with Gasteiger partial charge in [0, 0.05) is 18.8 Å². The summed E-state index contributed by atoms with van der Waals surface area (Å²) in [5.74, 6) is 0.824. The van der Waals surface area contributed by atoms with Crippen LogP contribution in [-0.4, -0.2) is 25.6 Å². The highest BCUT2D eigenvalue weighted by Crippen LogP contribution is 2.27. The maximum absolute atomic E-state index is 9.87. The lowest BCUT2D eigenvalue weighted by molar-refractivity contribution is 0.701. The number of nitrogens with one attached hydrogen (secondary N) is 1. The molecule has 1 saturated carbocycles. The van der Waals surface area contributed by atoms with E-state index < -0.39 is 5.92 Å². The number of hydrogen-bond donors (Lipinski definition) is 1. The van der Waals surface area contributed by atoms with Crippen LogP contribution in [0.25, 0.3) is 11.0 Å². The maximum atomic E-state index is 9.87. The standard InChI is InChI=1S/C20H22N6/c1-2-26-18-10-6-5-9-17(18)24-19(26)15(13-21)16-11-12-22-20(25-16)23-14-7-3-4-8-14/h5-6,9-12,14-15H,2-4,7-8H2,1H3,(H,22,23,25). The van der Waals surface area contributed by atoms with Crippen LogP contribution in [0.1, 0.15) is 50.0 Å². The van der Waals surface area contributed by atoms with Gasteiger partial charge in [0.05, 0.1) is 22.8 Å². The highest BCUT2D eigenvalue weighted by Gasteiger charge is 2.23. The molecule has 0 amide bonds. The van der Waals surface area contributed by atoms with Crippen LogP contribution in [0.4, 0.5) is 5.95 Å². The van der Waals surface area contributed by atoms with Crippen LogP contribution in [0.3, 0.4) is 0 Å². The molecule has 0 radical (unpaired) electrons. The van der Waals surface area contributed by atoms with Crippen molar-refractivity contribution in [3.63, 3.8) is 0 Å². The predicted molar refractivity (Wildman–Crippen MR) is 101 cm³/mol. The van der Waals surface area contributed by atoms with Crippen molar-refractivity contribution in [3.05, 3.63) is 48.0 Å². The van der Waals surface area contributed by atoms with E-state index in [1.165, 1.54) is 12.8 Å². The maximum Gasteiger partial charge on any atom is 0.223 e. The molecular formula is C20H22N6. The molecule has 4 rings (SSSR count). The van der Waals surface area contributed by atoms with Crippen molar-refractivity contribution in [1.29, 1.82) is 5.26 Å². The Morgan fingerprint density at radius 1 is 1.23 bits per heavy atom. The normalized spacial score (nSPS) is 15.8. The zero-order valence-electron chi connectivity index (χ0n) is 14.9. The van der Waals surface area contributed by atoms with E-state index in [-0.39, 0.29) is 0 Å². The molecule has 6 nitrogen and oxygen atoms in total. The third-order valence-corrected chi connectivity index (χ3v) is 5.05. The smallest absolute Gasteiger partial charge is 0.223 e. The van der Waals surface area contributed by atoms with Crippen LogP contribution in [-0.2, 0) is 6.54 Å². The Labute approximate surface area is 152 Å². The van der Waals surface area contributed by atoms with Crippen LogP contribution in [0, 0.1) is 11.3 Å². The largest absolute Gasteiger partial charge is 0.351 e. The van der Waals surface area contributed by atoms with E-state index in [0.29, 0.717) is 17.7 Å². The zero-order valence-corrected chi connectivity index (χ0v) is 14.9. The molecule has 1 fully saturated rings. The lowest BCUT2D eigenvalue weighted by Gasteiger charge is -2.14. The topological polar surface area (TPSA) is 79.4 Å². The van der Waals surface area contributed by atoms with E-state index in [2.05, 4.69) is 32.8 Å². The van der Waals surface area contributed by atoms with Crippen molar-refractivity contribution >= 4 is 17.0 Å². The van der Waals surface area contributed by atoms with Crippen molar-refractivity contribution in [2.24, 2.45) is 0 Å². The summed E-state index contributed by atoms with van der Waals surface area (Å²) in [6.45, 7) is 2.82. The number of fused-ring (bicyclic) bond motifs is 1. The molecule has 2 heterocycles. The van der Waals surface area contributed by atoms with Gasteiger partial charge in [0.1, 0.15) is 11.7 Å². The molecule has 1 aliphatic carbocycles. The number of nitrogens with zero attached hydrogens (tertiary/aromatic N) is 5. The number of para-hydroxylation sites is 2. The third-order valence-electron chi connectivity index (χ3n) is 5.05. The van der Waals surface area contributed by atoms with Crippen molar-refractivity contribution in [1.82, 2.24) is 19.5 Å². The minimum Gasteiger partial charge on any atom is -0.351 e. The highest BCUT2D eigenvalue weighted by molar-refractivity contribution is 5.76. The van der Waals surface area contributed by atoms with Crippen molar-refractivity contribution < 1.29 is 0 Å². The second-order valence-corrected chi connectivity index (χ2v) is 6.70. The second-order valence-electron chi connectivity index (χ2n) is 6.70. The minimum atomic E-state index is -0.519. The first kappa shape index (κ1) is 16.5. The number of benzene rings is 1. The van der Waals surface area contributed by atoms with Crippen molar-refractivity contribution in [2.75, 3.05) is 5.32 Å². The summed E-state index contributed by atoms with van der Waals surface area (Å²) in [5, 5.41) is 13.3. The fourth-order valence-electron chi connectivity index (χ4n) is 3.76. The summed E-state index contributed by atoms with van der Waals surface area (Å²) in [7, 11) is 0. The molecule has 1 aromatic carbocycles. The molecule has 0 saturated heterocycles. The molecule has 2 aromatic heterocycles. The van der Waals surface area contributed by atoms with Gasteiger partial charge >= 0.3 is 0 Å². The number of hydrogen-bond acceptors (Lipinski definition) is 5. The van der Waals surface area contributed by atoms with Gasteiger partial charge in [0.2, 0.25) is 5.95 Å². The molecule has 1 unspecified atom stereocenters. The monoisotopic (exact) mass is 346 g/mol. The Balaban J connectivity index is 1.70. The van der Waals surface area contributed by atoms with Gasteiger partial charge in [-0.25, -0.2) is 15.0 Å². The summed E-state index contributed by atoms with van der Waals surface area (Å²) >= 11 is 0. The quantitative estimate of drug-likeness (QED) is 0.759. The Morgan fingerprint density at radius 2 is 2.04 bits per heavy atom. The minimum absolute atomic E-state index is 0.436. The van der Waals surface area contributed by atoms with E-state index in [9.17, 15) is 5.26 Å². The average Bonchev–Trinajstić information content (AvgIpc) is 3.30. The SMILES string of the molecule is CCn1c(C(C#N)c2ccnc(NC3CCCC3)n2)nc2ccccc21. The number of imidazole rings is 1. The van der Waals surface area contributed by atoms with E-state index in [1.54, 1.807) is 6.20 Å². The summed E-state index contributed by atoms with van der Waals surface area (Å²) in [5.41, 5.74) is 2.64. The molecule has 26 heavy (non-hydrogen) atoms. The Hall–Kier alpha value is -2.94. The van der Waals surface area contributed by atoms with Crippen molar-refractivity contribution in [2.45, 2.75) is 51.1 Å². The van der Waals surface area contributed by atoms with Gasteiger partial charge < -0.3 is 9.88 Å². The number of nitriles is 1. The van der Waals surface area contributed by atoms with Crippen LogP contribution in [0.2, 0.25) is 0 Å². The van der Waals surface area contributed by atoms with E-state index in [1.807, 2.05) is 30.3 Å². The number of anilines is 1. The first-order valence-electron chi connectivity index (χ1n) is 9.24. The Morgan fingerprint density at radius 3 is 2.81 bits per heavy atom. The van der Waals surface area contributed by atoms with Crippen LogP contribution < -0.4 is 5.32 Å². The Bertz CT molecular complexity index is 948. The van der Waals surface area contributed by atoms with Gasteiger partial charge in [-0.1, -0.05) is 25.0 Å². The molecule has 0 aliphatic heterocycles. The van der Waals surface area contributed by atoms with Crippen molar-refractivity contribution in [3.8, 4) is 6.07 Å². The average molecular weight is 346 g/mol. The molecule has 132 valence electrons. The van der Waals surface area contributed by atoms with E-state index >= 15 is 0 Å². The molecule has 0 spiro atoms. The lowest BCUT2D eigenvalue weighted by Crippen LogP contribution is -2.18. The van der Waals surface area contributed by atoms with Crippen LogP contribution in [0.5, 0.6) is 0 Å². The molecule has 0 bridgehead atoms. The van der Waals surface area contributed by atoms with Gasteiger partial charge in [-0.05, 0) is 38.0 Å². The zero-order chi connectivity index (χ0) is 17.9. The number of rotatable bonds is 5. The van der Waals surface area contributed by atoms with E-state index in [4.69, 9.17) is 4.98 Å². The molecule has 1 aliphatic rings. The predicted octanol–water partition coefficient (Wildman–Crippen LogP) is 3.86. The van der Waals surface area contributed by atoms with Gasteiger partial charge in [-0.15, -0.1) is 0 Å². The van der Waals surface area contributed by atoms with Gasteiger partial charge in [-0.2, -0.15) is 5.26 Å². The molecule has 3 aromatic rings. The van der Waals surface area contributed by atoms with Gasteiger partial charge in [-0.3, -0.25) is 0 Å². The lowest BCUT2D eigenvalue weighted by atomic mass is 10.1. The molecular weight excluding hydrogens is 324 g/mol. The number of aromatic nitrogens is 4. The van der Waals surface area contributed by atoms with Crippen LogP contribution >= 0.6 is 0 Å². The van der Waals surface area contributed by atoms with E-state index in [0.717, 1.165) is 36.2 Å². The van der Waals surface area contributed by atoms with Gasteiger partial charge in [0.25, 0.3) is 0 Å². The third kappa shape index (κ3) is 3.01. The fourth-order valence-corrected chi connectivity index (χ4v) is 3.76.